The molecule has 0 radical (unpaired) electrons. The molecule has 1 aliphatic carbocycles. The van der Waals surface area contributed by atoms with Gasteiger partial charge in [0, 0.05) is 16.7 Å². The molecule has 1 aliphatic rings. The van der Waals surface area contributed by atoms with Crippen LogP contribution in [0.25, 0.3) is 0 Å². The standard InChI is InChI=1S/C20H22Cl2N2OS/c1-13-8-10-14(11-9-13)24-20(25)17-6-2-4-15(23-17)12-26-18-7-3-5-16(21)19(18)22/h2-7,13-14H,8-12H2,1H3,(H,24,25). The van der Waals surface area contributed by atoms with Gasteiger partial charge in [-0.1, -0.05) is 42.3 Å². The Bertz CT molecular complexity index is 776. The third kappa shape index (κ3) is 5.15. The van der Waals surface area contributed by atoms with E-state index < -0.39 is 0 Å². The Morgan fingerprint density at radius 2 is 1.88 bits per heavy atom. The third-order valence-corrected chi connectivity index (χ3v) is 6.70. The highest BCUT2D eigenvalue weighted by Gasteiger charge is 2.20. The quantitative estimate of drug-likeness (QED) is 0.617. The number of hydrogen-bond donors (Lipinski definition) is 1. The molecule has 0 saturated heterocycles. The van der Waals surface area contributed by atoms with Crippen molar-refractivity contribution < 1.29 is 4.79 Å². The lowest BCUT2D eigenvalue weighted by molar-refractivity contribution is 0.0917. The van der Waals surface area contributed by atoms with E-state index in [1.54, 1.807) is 23.9 Å². The summed E-state index contributed by atoms with van der Waals surface area (Å²) in [4.78, 5) is 17.9. The monoisotopic (exact) mass is 408 g/mol. The zero-order chi connectivity index (χ0) is 18.5. The number of hydrogen-bond acceptors (Lipinski definition) is 3. The van der Waals surface area contributed by atoms with E-state index in [0.29, 0.717) is 21.5 Å². The van der Waals surface area contributed by atoms with Crippen molar-refractivity contribution in [1.82, 2.24) is 10.3 Å². The Morgan fingerprint density at radius 1 is 1.15 bits per heavy atom. The van der Waals surface area contributed by atoms with Crippen LogP contribution >= 0.6 is 35.0 Å². The summed E-state index contributed by atoms with van der Waals surface area (Å²) in [7, 11) is 0. The zero-order valence-electron chi connectivity index (χ0n) is 14.7. The van der Waals surface area contributed by atoms with Crippen LogP contribution in [0.5, 0.6) is 0 Å². The second kappa shape index (κ2) is 9.12. The molecule has 0 unspecified atom stereocenters. The molecule has 0 atom stereocenters. The SMILES string of the molecule is CC1CCC(NC(=O)c2cccc(CSc3cccc(Cl)c3Cl)n2)CC1. The maximum absolute atomic E-state index is 12.5. The van der Waals surface area contributed by atoms with Gasteiger partial charge in [0.15, 0.2) is 0 Å². The summed E-state index contributed by atoms with van der Waals surface area (Å²) in [6, 6.07) is 11.4. The zero-order valence-corrected chi connectivity index (χ0v) is 17.0. The van der Waals surface area contributed by atoms with Crippen LogP contribution in [0.2, 0.25) is 10.0 Å². The number of aromatic nitrogens is 1. The van der Waals surface area contributed by atoms with E-state index in [0.717, 1.165) is 29.3 Å². The summed E-state index contributed by atoms with van der Waals surface area (Å²) >= 11 is 13.8. The molecule has 1 saturated carbocycles. The first-order chi connectivity index (χ1) is 12.5. The first-order valence-corrected chi connectivity index (χ1v) is 10.6. The summed E-state index contributed by atoms with van der Waals surface area (Å²) < 4.78 is 0. The van der Waals surface area contributed by atoms with Crippen LogP contribution in [-0.4, -0.2) is 16.9 Å². The molecule has 6 heteroatoms. The van der Waals surface area contributed by atoms with Crippen molar-refractivity contribution in [3.05, 3.63) is 57.8 Å². The molecule has 2 aromatic rings. The summed E-state index contributed by atoms with van der Waals surface area (Å²) in [6.45, 7) is 2.27. The summed E-state index contributed by atoms with van der Waals surface area (Å²) in [6.07, 6.45) is 4.45. The molecule has 3 nitrogen and oxygen atoms in total. The van der Waals surface area contributed by atoms with Gasteiger partial charge < -0.3 is 5.32 Å². The van der Waals surface area contributed by atoms with Crippen molar-refractivity contribution in [2.45, 2.75) is 49.3 Å². The van der Waals surface area contributed by atoms with Gasteiger partial charge in [0.1, 0.15) is 5.69 Å². The molecule has 1 aromatic carbocycles. The van der Waals surface area contributed by atoms with Gasteiger partial charge >= 0.3 is 0 Å². The molecule has 26 heavy (non-hydrogen) atoms. The first-order valence-electron chi connectivity index (χ1n) is 8.86. The Morgan fingerprint density at radius 3 is 2.65 bits per heavy atom. The Kier molecular flexibility index (Phi) is 6.85. The molecule has 1 aromatic heterocycles. The van der Waals surface area contributed by atoms with Crippen LogP contribution in [0, 0.1) is 5.92 Å². The predicted molar refractivity (Wildman–Crippen MR) is 109 cm³/mol. The maximum atomic E-state index is 12.5. The Balaban J connectivity index is 1.60. The van der Waals surface area contributed by atoms with Gasteiger partial charge in [-0.3, -0.25) is 4.79 Å². The van der Waals surface area contributed by atoms with Gasteiger partial charge in [0.25, 0.3) is 5.91 Å². The van der Waals surface area contributed by atoms with Gasteiger partial charge in [-0.25, -0.2) is 4.98 Å². The van der Waals surface area contributed by atoms with Crippen molar-refractivity contribution in [1.29, 1.82) is 0 Å². The van der Waals surface area contributed by atoms with Crippen molar-refractivity contribution in [3.8, 4) is 0 Å². The predicted octanol–water partition coefficient (Wildman–Crippen LogP) is 5.99. The fourth-order valence-electron chi connectivity index (χ4n) is 3.10. The number of nitrogens with zero attached hydrogens (tertiary/aromatic N) is 1. The van der Waals surface area contributed by atoms with Crippen molar-refractivity contribution in [2.75, 3.05) is 0 Å². The minimum atomic E-state index is -0.0859. The highest BCUT2D eigenvalue weighted by molar-refractivity contribution is 7.98. The van der Waals surface area contributed by atoms with E-state index >= 15 is 0 Å². The van der Waals surface area contributed by atoms with Crippen LogP contribution in [0.1, 0.15) is 48.8 Å². The largest absolute Gasteiger partial charge is 0.348 e. The lowest BCUT2D eigenvalue weighted by Gasteiger charge is -2.26. The maximum Gasteiger partial charge on any atom is 0.270 e. The van der Waals surface area contributed by atoms with Gasteiger partial charge in [-0.15, -0.1) is 11.8 Å². The molecule has 1 amide bonds. The molecule has 1 fully saturated rings. The van der Waals surface area contributed by atoms with Crippen molar-refractivity contribution in [3.63, 3.8) is 0 Å². The minimum Gasteiger partial charge on any atom is -0.348 e. The van der Waals surface area contributed by atoms with Gasteiger partial charge in [0.05, 0.1) is 15.7 Å². The number of rotatable bonds is 5. The fraction of sp³-hybridized carbons (Fsp3) is 0.400. The Labute approximate surface area is 168 Å². The number of nitrogens with one attached hydrogen (secondary N) is 1. The van der Waals surface area contributed by atoms with E-state index in [9.17, 15) is 4.79 Å². The second-order valence-corrected chi connectivity index (χ2v) is 8.59. The van der Waals surface area contributed by atoms with E-state index in [1.807, 2.05) is 24.3 Å². The van der Waals surface area contributed by atoms with Crippen LogP contribution in [0.4, 0.5) is 0 Å². The third-order valence-electron chi connectivity index (χ3n) is 4.68. The van der Waals surface area contributed by atoms with Gasteiger partial charge in [0.2, 0.25) is 0 Å². The van der Waals surface area contributed by atoms with E-state index in [-0.39, 0.29) is 11.9 Å². The molecule has 0 bridgehead atoms. The van der Waals surface area contributed by atoms with E-state index in [2.05, 4.69) is 17.2 Å². The molecule has 138 valence electrons. The Hall–Kier alpha value is -1.23. The summed E-state index contributed by atoms with van der Waals surface area (Å²) in [5, 5.41) is 4.22. The molecular formula is C20H22Cl2N2OS. The molecule has 1 N–H and O–H groups in total. The molecule has 0 spiro atoms. The van der Waals surface area contributed by atoms with Crippen LogP contribution in [0.3, 0.4) is 0 Å². The van der Waals surface area contributed by atoms with Crippen LogP contribution in [0.15, 0.2) is 41.3 Å². The lowest BCUT2D eigenvalue weighted by atomic mass is 9.87. The number of halogens is 2. The average Bonchev–Trinajstić information content (AvgIpc) is 2.65. The van der Waals surface area contributed by atoms with E-state index in [1.165, 1.54) is 12.8 Å². The fourth-order valence-corrected chi connectivity index (χ4v) is 4.49. The van der Waals surface area contributed by atoms with Gasteiger partial charge in [-0.2, -0.15) is 0 Å². The highest BCUT2D eigenvalue weighted by Crippen LogP contribution is 2.34. The minimum absolute atomic E-state index is 0.0859. The summed E-state index contributed by atoms with van der Waals surface area (Å²) in [5.74, 6) is 1.31. The van der Waals surface area contributed by atoms with Crippen molar-refractivity contribution >= 4 is 40.9 Å². The topological polar surface area (TPSA) is 42.0 Å². The molecular weight excluding hydrogens is 387 g/mol. The average molecular weight is 409 g/mol. The number of benzene rings is 1. The number of carbonyl (C=O) groups excluding carboxylic acids is 1. The van der Waals surface area contributed by atoms with Gasteiger partial charge in [-0.05, 0) is 55.9 Å². The molecule has 1 heterocycles. The van der Waals surface area contributed by atoms with E-state index in [4.69, 9.17) is 23.2 Å². The number of pyridine rings is 1. The number of thioether (sulfide) groups is 1. The normalized spacial score (nSPS) is 20.0. The highest BCUT2D eigenvalue weighted by atomic mass is 35.5. The van der Waals surface area contributed by atoms with Crippen LogP contribution < -0.4 is 5.32 Å². The number of carbonyl (C=O) groups is 1. The lowest BCUT2D eigenvalue weighted by Crippen LogP contribution is -2.37. The first kappa shape index (κ1) is 19.5. The molecule has 3 rings (SSSR count). The second-order valence-electron chi connectivity index (χ2n) is 6.79. The summed E-state index contributed by atoms with van der Waals surface area (Å²) in [5.41, 5.74) is 1.31. The smallest absolute Gasteiger partial charge is 0.270 e. The van der Waals surface area contributed by atoms with Crippen LogP contribution in [-0.2, 0) is 5.75 Å². The molecule has 0 aliphatic heterocycles. The van der Waals surface area contributed by atoms with Crippen molar-refractivity contribution in [2.24, 2.45) is 5.92 Å². The number of amides is 1.